The van der Waals surface area contributed by atoms with Crippen molar-refractivity contribution in [3.05, 3.63) is 23.8 Å². The zero-order valence-corrected chi connectivity index (χ0v) is 10.0. The van der Waals surface area contributed by atoms with Gasteiger partial charge in [-0.05, 0) is 25.0 Å². The van der Waals surface area contributed by atoms with Crippen molar-refractivity contribution in [2.75, 3.05) is 0 Å². The van der Waals surface area contributed by atoms with Gasteiger partial charge in [-0.3, -0.25) is 0 Å². The van der Waals surface area contributed by atoms with Gasteiger partial charge in [0.2, 0.25) is 5.95 Å². The summed E-state index contributed by atoms with van der Waals surface area (Å²) in [4.78, 5) is 2.60. The molecule has 0 amide bonds. The van der Waals surface area contributed by atoms with Gasteiger partial charge in [-0.2, -0.15) is 12.8 Å². The molecular formula is C11H13F2NO2S. The van der Waals surface area contributed by atoms with Gasteiger partial charge in [0.05, 0.1) is 0 Å². The molecular weight excluding hydrogens is 248 g/mol. The topological polar surface area (TPSA) is 47.0 Å². The Labute approximate surface area is 99.1 Å². The van der Waals surface area contributed by atoms with Crippen molar-refractivity contribution in [3.63, 3.8) is 0 Å². The van der Waals surface area contributed by atoms with Crippen LogP contribution in [0.25, 0.3) is 0 Å². The smallest absolute Gasteiger partial charge is 0.223 e. The maximum absolute atomic E-state index is 13.4. The lowest BCUT2D eigenvalue weighted by molar-refractivity contribution is 0.427. The quantitative estimate of drug-likeness (QED) is 0.607. The lowest BCUT2D eigenvalue weighted by Gasteiger charge is -2.20. The molecule has 2 rings (SSSR count). The molecule has 1 fully saturated rings. The van der Waals surface area contributed by atoms with Crippen LogP contribution in [0, 0.1) is 5.95 Å². The second kappa shape index (κ2) is 4.68. The van der Waals surface area contributed by atoms with Gasteiger partial charge in [-0.25, -0.2) is 4.98 Å². The minimum atomic E-state index is -5.02. The predicted octanol–water partition coefficient (Wildman–Crippen LogP) is 2.93. The lowest BCUT2D eigenvalue weighted by atomic mass is 9.87. The Balaban J connectivity index is 2.30. The van der Waals surface area contributed by atoms with E-state index in [1.807, 2.05) is 0 Å². The summed E-state index contributed by atoms with van der Waals surface area (Å²) in [5.74, 6) is -1.08. The van der Waals surface area contributed by atoms with Crippen LogP contribution in [0.2, 0.25) is 0 Å². The average molecular weight is 261 g/mol. The van der Waals surface area contributed by atoms with Gasteiger partial charge in [0.1, 0.15) is 0 Å². The number of hydrogen-bond acceptors (Lipinski definition) is 3. The summed E-state index contributed by atoms with van der Waals surface area (Å²) in [5.41, 5.74) is 0.523. The van der Waals surface area contributed by atoms with Crippen LogP contribution in [0.3, 0.4) is 0 Å². The van der Waals surface area contributed by atoms with Crippen molar-refractivity contribution in [1.82, 2.24) is 4.98 Å². The summed E-state index contributed by atoms with van der Waals surface area (Å²) in [7, 11) is -5.02. The van der Waals surface area contributed by atoms with Crippen LogP contribution in [0.15, 0.2) is 17.0 Å². The molecule has 1 aromatic rings. The van der Waals surface area contributed by atoms with Crippen LogP contribution in [0.1, 0.15) is 43.7 Å². The molecule has 0 radical (unpaired) electrons. The van der Waals surface area contributed by atoms with E-state index in [2.05, 4.69) is 4.98 Å². The second-order valence-corrected chi connectivity index (χ2v) is 5.61. The fourth-order valence-corrected chi connectivity index (χ4v) is 2.72. The Bertz CT molecular complexity index is 510. The van der Waals surface area contributed by atoms with Crippen molar-refractivity contribution < 1.29 is 16.7 Å². The first-order valence-corrected chi connectivity index (χ1v) is 6.98. The molecule has 1 aliphatic rings. The number of rotatable bonds is 2. The highest BCUT2D eigenvalue weighted by Gasteiger charge is 2.22. The van der Waals surface area contributed by atoms with Crippen LogP contribution in [0.4, 0.5) is 8.28 Å². The van der Waals surface area contributed by atoms with E-state index in [1.165, 1.54) is 6.07 Å². The standard InChI is InChI=1S/C11H13F2NO2S/c12-11-10(17(13,15)16)7-6-9(14-11)8-4-2-1-3-5-8/h6-8H,1-5H2. The van der Waals surface area contributed by atoms with Gasteiger partial charge in [0, 0.05) is 11.6 Å². The highest BCUT2D eigenvalue weighted by Crippen LogP contribution is 2.32. The molecule has 0 saturated heterocycles. The maximum Gasteiger partial charge on any atom is 0.336 e. The molecule has 0 aromatic carbocycles. The van der Waals surface area contributed by atoms with Crippen LogP contribution >= 0.6 is 0 Å². The first-order chi connectivity index (χ1) is 7.98. The van der Waals surface area contributed by atoms with Crippen molar-refractivity contribution in [1.29, 1.82) is 0 Å². The molecule has 1 heterocycles. The van der Waals surface area contributed by atoms with E-state index in [4.69, 9.17) is 0 Å². The number of pyridine rings is 1. The van der Waals surface area contributed by atoms with Gasteiger partial charge >= 0.3 is 10.2 Å². The first kappa shape index (κ1) is 12.4. The highest BCUT2D eigenvalue weighted by atomic mass is 32.3. The number of halogens is 2. The Morgan fingerprint density at radius 3 is 2.35 bits per heavy atom. The van der Waals surface area contributed by atoms with Crippen LogP contribution in [-0.2, 0) is 10.2 Å². The normalized spacial score (nSPS) is 18.2. The predicted molar refractivity (Wildman–Crippen MR) is 58.3 cm³/mol. The Morgan fingerprint density at radius 2 is 1.82 bits per heavy atom. The number of hydrogen-bond donors (Lipinski definition) is 0. The molecule has 1 saturated carbocycles. The van der Waals surface area contributed by atoms with E-state index >= 15 is 0 Å². The molecule has 3 nitrogen and oxygen atoms in total. The van der Waals surface area contributed by atoms with Crippen LogP contribution in [-0.4, -0.2) is 13.4 Å². The molecule has 17 heavy (non-hydrogen) atoms. The molecule has 6 heteroatoms. The Kier molecular flexibility index (Phi) is 3.42. The molecule has 1 aromatic heterocycles. The summed E-state index contributed by atoms with van der Waals surface area (Å²) >= 11 is 0. The summed E-state index contributed by atoms with van der Waals surface area (Å²) < 4.78 is 47.2. The van der Waals surface area contributed by atoms with Gasteiger partial charge in [-0.1, -0.05) is 19.3 Å². The SMILES string of the molecule is O=S(=O)(F)c1ccc(C2CCCCC2)nc1F. The lowest BCUT2D eigenvalue weighted by Crippen LogP contribution is -2.09. The molecule has 0 atom stereocenters. The number of nitrogens with zero attached hydrogens (tertiary/aromatic N) is 1. The van der Waals surface area contributed by atoms with Crippen molar-refractivity contribution in [2.45, 2.75) is 42.9 Å². The third kappa shape index (κ3) is 2.80. The molecule has 0 unspecified atom stereocenters. The van der Waals surface area contributed by atoms with Gasteiger partial charge < -0.3 is 0 Å². The summed E-state index contributed by atoms with van der Waals surface area (Å²) in [6.07, 6.45) is 5.15. The molecule has 0 bridgehead atoms. The van der Waals surface area contributed by atoms with Crippen molar-refractivity contribution >= 4 is 10.2 Å². The molecule has 0 spiro atoms. The monoisotopic (exact) mass is 261 g/mol. The van der Waals surface area contributed by atoms with E-state index in [0.717, 1.165) is 38.2 Å². The molecule has 0 aliphatic heterocycles. The summed E-state index contributed by atoms with van der Waals surface area (Å²) in [6.45, 7) is 0. The molecule has 94 valence electrons. The zero-order chi connectivity index (χ0) is 12.5. The molecule has 0 N–H and O–H groups in total. The minimum absolute atomic E-state index is 0.162. The van der Waals surface area contributed by atoms with E-state index < -0.39 is 21.1 Å². The van der Waals surface area contributed by atoms with Crippen LogP contribution in [0.5, 0.6) is 0 Å². The summed E-state index contributed by atoms with van der Waals surface area (Å²) in [5, 5.41) is 0. The zero-order valence-electron chi connectivity index (χ0n) is 9.20. The van der Waals surface area contributed by atoms with Crippen LogP contribution < -0.4 is 0 Å². The van der Waals surface area contributed by atoms with Gasteiger partial charge in [-0.15, -0.1) is 3.89 Å². The fraction of sp³-hybridized carbons (Fsp3) is 0.545. The minimum Gasteiger partial charge on any atom is -0.223 e. The summed E-state index contributed by atoms with van der Waals surface area (Å²) in [6, 6.07) is 2.37. The third-order valence-electron chi connectivity index (χ3n) is 3.12. The van der Waals surface area contributed by atoms with E-state index in [-0.39, 0.29) is 5.92 Å². The second-order valence-electron chi connectivity index (χ2n) is 4.30. The van der Waals surface area contributed by atoms with E-state index in [0.29, 0.717) is 5.69 Å². The van der Waals surface area contributed by atoms with E-state index in [1.54, 1.807) is 0 Å². The van der Waals surface area contributed by atoms with Gasteiger partial charge in [0.25, 0.3) is 0 Å². The Hall–Kier alpha value is -1.04. The fourth-order valence-electron chi connectivity index (χ4n) is 2.24. The average Bonchev–Trinajstić information content (AvgIpc) is 2.28. The first-order valence-electron chi connectivity index (χ1n) is 5.59. The van der Waals surface area contributed by atoms with Crippen molar-refractivity contribution in [2.24, 2.45) is 0 Å². The largest absolute Gasteiger partial charge is 0.336 e. The van der Waals surface area contributed by atoms with Crippen molar-refractivity contribution in [3.8, 4) is 0 Å². The molecule has 1 aliphatic carbocycles. The maximum atomic E-state index is 13.4. The Morgan fingerprint density at radius 1 is 1.18 bits per heavy atom. The van der Waals surface area contributed by atoms with Gasteiger partial charge in [0.15, 0.2) is 4.90 Å². The number of aromatic nitrogens is 1. The third-order valence-corrected chi connectivity index (χ3v) is 3.95. The highest BCUT2D eigenvalue weighted by molar-refractivity contribution is 7.86. The van der Waals surface area contributed by atoms with E-state index in [9.17, 15) is 16.7 Å².